The van der Waals surface area contributed by atoms with E-state index >= 15 is 0 Å². The summed E-state index contributed by atoms with van der Waals surface area (Å²) in [6.07, 6.45) is 0.275. The number of phenolic OH excluding ortho intramolecular Hbond substituents is 1. The van der Waals surface area contributed by atoms with Crippen LogP contribution in [0.1, 0.15) is 16.8 Å². The normalized spacial score (nSPS) is 9.00. The fourth-order valence-electron chi connectivity index (χ4n) is 0.975. The number of aromatic hydroxyl groups is 1. The molecule has 0 aliphatic carbocycles. The van der Waals surface area contributed by atoms with E-state index in [1.54, 1.807) is 18.2 Å². The third-order valence-corrected chi connectivity index (χ3v) is 1.58. The Kier molecular flexibility index (Phi) is 5.11. The number of para-hydroxylation sites is 1. The molecule has 0 aliphatic heterocycles. The van der Waals surface area contributed by atoms with E-state index in [-0.39, 0.29) is 30.4 Å². The molecule has 0 amide bonds. The van der Waals surface area contributed by atoms with Crippen LogP contribution in [0.5, 0.6) is 5.75 Å². The van der Waals surface area contributed by atoms with Crippen molar-refractivity contribution in [1.29, 1.82) is 0 Å². The molecule has 0 saturated heterocycles. The molecule has 4 heteroatoms. The molecule has 72 valence electrons. The van der Waals surface area contributed by atoms with E-state index in [9.17, 15) is 9.90 Å². The Balaban J connectivity index is 0.00000144. The molecule has 0 radical (unpaired) electrons. The van der Waals surface area contributed by atoms with Gasteiger partial charge in [0.15, 0.2) is 5.78 Å². The van der Waals surface area contributed by atoms with Gasteiger partial charge in [-0.3, -0.25) is 4.79 Å². The molecule has 0 saturated carbocycles. The topological polar surface area (TPSA) is 63.3 Å². The van der Waals surface area contributed by atoms with Crippen molar-refractivity contribution < 1.29 is 9.90 Å². The largest absolute Gasteiger partial charge is 0.507 e. The first-order chi connectivity index (χ1) is 5.75. The minimum atomic E-state index is -0.115. The highest BCUT2D eigenvalue weighted by Gasteiger charge is 2.07. The third-order valence-electron chi connectivity index (χ3n) is 1.58. The standard InChI is InChI=1S/C9H11NO2.ClH/c10-6-5-9(12)7-3-1-2-4-8(7)11;/h1-4,11H,5-6,10H2;1H. The average molecular weight is 202 g/mol. The molecule has 3 N–H and O–H groups in total. The van der Waals surface area contributed by atoms with Gasteiger partial charge < -0.3 is 10.8 Å². The lowest BCUT2D eigenvalue weighted by Crippen LogP contribution is -2.07. The number of benzene rings is 1. The molecule has 1 rings (SSSR count). The number of carbonyl (C=O) groups excluding carboxylic acids is 1. The zero-order valence-electron chi connectivity index (χ0n) is 7.06. The first kappa shape index (κ1) is 11.9. The number of phenols is 1. The Morgan fingerprint density at radius 1 is 1.38 bits per heavy atom. The van der Waals surface area contributed by atoms with E-state index < -0.39 is 0 Å². The van der Waals surface area contributed by atoms with Gasteiger partial charge in [-0.2, -0.15) is 0 Å². The summed E-state index contributed by atoms with van der Waals surface area (Å²) in [5.41, 5.74) is 5.56. The maximum absolute atomic E-state index is 11.2. The SMILES string of the molecule is Cl.NCCC(=O)c1ccccc1O. The summed E-state index contributed by atoms with van der Waals surface area (Å²) >= 11 is 0. The van der Waals surface area contributed by atoms with Gasteiger partial charge in [-0.1, -0.05) is 12.1 Å². The van der Waals surface area contributed by atoms with Gasteiger partial charge in [0.2, 0.25) is 0 Å². The number of hydrogen-bond acceptors (Lipinski definition) is 3. The van der Waals surface area contributed by atoms with E-state index in [2.05, 4.69) is 0 Å². The minimum Gasteiger partial charge on any atom is -0.507 e. The average Bonchev–Trinajstić information content (AvgIpc) is 2.05. The van der Waals surface area contributed by atoms with Crippen LogP contribution < -0.4 is 5.73 Å². The van der Waals surface area contributed by atoms with Crippen LogP contribution in [0.4, 0.5) is 0 Å². The second-order valence-corrected chi connectivity index (χ2v) is 2.48. The molecule has 0 fully saturated rings. The van der Waals surface area contributed by atoms with Crippen molar-refractivity contribution in [3.8, 4) is 5.75 Å². The Bertz CT molecular complexity index is 289. The first-order valence-electron chi connectivity index (χ1n) is 3.77. The molecule has 0 aliphatic rings. The predicted molar refractivity (Wildman–Crippen MR) is 53.4 cm³/mol. The van der Waals surface area contributed by atoms with Crippen molar-refractivity contribution in [3.05, 3.63) is 29.8 Å². The van der Waals surface area contributed by atoms with Crippen molar-refractivity contribution in [3.63, 3.8) is 0 Å². The van der Waals surface area contributed by atoms with Gasteiger partial charge in [0.1, 0.15) is 5.75 Å². The van der Waals surface area contributed by atoms with Crippen molar-refractivity contribution in [1.82, 2.24) is 0 Å². The maximum atomic E-state index is 11.2. The molecule has 1 aromatic carbocycles. The smallest absolute Gasteiger partial charge is 0.167 e. The van der Waals surface area contributed by atoms with Gasteiger partial charge in [-0.25, -0.2) is 0 Å². The Morgan fingerprint density at radius 3 is 2.54 bits per heavy atom. The number of ketones is 1. The fraction of sp³-hybridized carbons (Fsp3) is 0.222. The number of hydrogen-bond donors (Lipinski definition) is 2. The molecule has 13 heavy (non-hydrogen) atoms. The van der Waals surface area contributed by atoms with Gasteiger partial charge >= 0.3 is 0 Å². The van der Waals surface area contributed by atoms with E-state index in [1.165, 1.54) is 6.07 Å². The quantitative estimate of drug-likeness (QED) is 0.726. The van der Waals surface area contributed by atoms with Crippen molar-refractivity contribution in [2.75, 3.05) is 6.54 Å². The lowest BCUT2D eigenvalue weighted by Gasteiger charge is -2.00. The van der Waals surface area contributed by atoms with Crippen LogP contribution in [-0.2, 0) is 0 Å². The Morgan fingerprint density at radius 2 is 2.00 bits per heavy atom. The van der Waals surface area contributed by atoms with Crippen molar-refractivity contribution in [2.45, 2.75) is 6.42 Å². The third kappa shape index (κ3) is 3.05. The maximum Gasteiger partial charge on any atom is 0.167 e. The zero-order chi connectivity index (χ0) is 8.97. The summed E-state index contributed by atoms with van der Waals surface area (Å²) in [5.74, 6) is -0.0912. The highest BCUT2D eigenvalue weighted by atomic mass is 35.5. The Hall–Kier alpha value is -1.06. The summed E-state index contributed by atoms with van der Waals surface area (Å²) < 4.78 is 0. The lowest BCUT2D eigenvalue weighted by atomic mass is 10.1. The monoisotopic (exact) mass is 201 g/mol. The number of carbonyl (C=O) groups is 1. The number of rotatable bonds is 3. The molecule has 0 atom stereocenters. The molecular formula is C9H12ClNO2. The van der Waals surface area contributed by atoms with Crippen molar-refractivity contribution in [2.24, 2.45) is 5.73 Å². The minimum absolute atomic E-state index is 0. The predicted octanol–water partition coefficient (Wildman–Crippen LogP) is 1.35. The van der Waals surface area contributed by atoms with Gasteiger partial charge in [0.25, 0.3) is 0 Å². The molecule has 3 nitrogen and oxygen atoms in total. The number of nitrogens with two attached hydrogens (primary N) is 1. The number of halogens is 1. The molecule has 1 aromatic rings. The van der Waals surface area contributed by atoms with Gasteiger partial charge in [-0.05, 0) is 18.7 Å². The summed E-state index contributed by atoms with van der Waals surface area (Å²) in [5, 5.41) is 9.25. The second kappa shape index (κ2) is 5.56. The molecular weight excluding hydrogens is 190 g/mol. The Labute approximate surface area is 83.0 Å². The van der Waals surface area contributed by atoms with Crippen LogP contribution in [0.2, 0.25) is 0 Å². The highest BCUT2D eigenvalue weighted by Crippen LogP contribution is 2.16. The summed E-state index contributed by atoms with van der Waals surface area (Å²) in [6, 6.07) is 6.47. The fourth-order valence-corrected chi connectivity index (χ4v) is 0.975. The van der Waals surface area contributed by atoms with Crippen LogP contribution in [0, 0.1) is 0 Å². The molecule has 0 unspecified atom stereocenters. The van der Waals surface area contributed by atoms with Gasteiger partial charge in [-0.15, -0.1) is 12.4 Å². The first-order valence-corrected chi connectivity index (χ1v) is 3.77. The summed E-state index contributed by atoms with van der Waals surface area (Å²) in [6.45, 7) is 0.313. The van der Waals surface area contributed by atoms with E-state index in [4.69, 9.17) is 5.73 Å². The molecule has 0 spiro atoms. The van der Waals surface area contributed by atoms with Crippen LogP contribution in [0.15, 0.2) is 24.3 Å². The van der Waals surface area contributed by atoms with E-state index in [0.717, 1.165) is 0 Å². The molecule has 0 heterocycles. The summed E-state index contributed by atoms with van der Waals surface area (Å²) in [7, 11) is 0. The highest BCUT2D eigenvalue weighted by molar-refractivity contribution is 5.98. The second-order valence-electron chi connectivity index (χ2n) is 2.48. The number of Topliss-reactive ketones (excluding diaryl/α,β-unsaturated/α-hetero) is 1. The van der Waals surface area contributed by atoms with Crippen LogP contribution in [0.25, 0.3) is 0 Å². The van der Waals surface area contributed by atoms with Crippen LogP contribution in [0.3, 0.4) is 0 Å². The molecule has 0 bridgehead atoms. The van der Waals surface area contributed by atoms with Crippen LogP contribution in [-0.4, -0.2) is 17.4 Å². The molecule has 0 aromatic heterocycles. The van der Waals surface area contributed by atoms with Crippen LogP contribution >= 0.6 is 12.4 Å². The van der Waals surface area contributed by atoms with Gasteiger partial charge in [0, 0.05) is 6.42 Å². The summed E-state index contributed by atoms with van der Waals surface area (Å²) in [4.78, 5) is 11.2. The zero-order valence-corrected chi connectivity index (χ0v) is 7.88. The van der Waals surface area contributed by atoms with Gasteiger partial charge in [0.05, 0.1) is 5.56 Å². The van der Waals surface area contributed by atoms with Crippen molar-refractivity contribution >= 4 is 18.2 Å². The van der Waals surface area contributed by atoms with E-state index in [0.29, 0.717) is 12.1 Å². The lowest BCUT2D eigenvalue weighted by molar-refractivity contribution is 0.0983. The van der Waals surface area contributed by atoms with E-state index in [1.807, 2.05) is 0 Å².